The molecule has 0 spiro atoms. The predicted octanol–water partition coefficient (Wildman–Crippen LogP) is 2.02. The predicted molar refractivity (Wildman–Crippen MR) is 112 cm³/mol. The smallest absolute Gasteiger partial charge is 0.149 e. The van der Waals surface area contributed by atoms with Crippen molar-refractivity contribution in [1.29, 1.82) is 5.26 Å². The van der Waals surface area contributed by atoms with Crippen LogP contribution in [0.1, 0.15) is 31.2 Å². The van der Waals surface area contributed by atoms with Crippen molar-refractivity contribution in [1.82, 2.24) is 14.8 Å². The monoisotopic (exact) mass is 380 g/mol. The third-order valence-electron chi connectivity index (χ3n) is 6.78. The van der Waals surface area contributed by atoms with Crippen LogP contribution in [-0.4, -0.2) is 80.2 Å². The van der Waals surface area contributed by atoms with Crippen molar-refractivity contribution >= 4 is 11.6 Å². The number of aromatic nitrogens is 1. The number of anilines is 2. The summed E-state index contributed by atoms with van der Waals surface area (Å²) in [6.07, 6.45) is 5.68. The molecule has 4 aliphatic rings. The maximum Gasteiger partial charge on any atom is 0.149 e. The fraction of sp³-hybridized carbons (Fsp3) is 0.727. The SMILES string of the molecule is N#Cc1ccc(N2CCN(CC3CC3)CC2)nc1N1CCN(CC2CC2)CC1. The van der Waals surface area contributed by atoms with Crippen LogP contribution in [0.15, 0.2) is 12.1 Å². The third kappa shape index (κ3) is 4.26. The van der Waals surface area contributed by atoms with Gasteiger partial charge in [-0.2, -0.15) is 5.26 Å². The van der Waals surface area contributed by atoms with E-state index in [2.05, 4.69) is 25.7 Å². The van der Waals surface area contributed by atoms with Crippen molar-refractivity contribution in [2.24, 2.45) is 11.8 Å². The molecule has 0 amide bonds. The Kier molecular flexibility index (Phi) is 5.13. The standard InChI is InChI=1S/C22H32N6/c23-15-20-5-6-21(27-11-7-25(8-12-27)16-18-1-2-18)24-22(20)28-13-9-26(10-14-28)17-19-3-4-19/h5-6,18-19H,1-4,7-14,16-17H2. The first-order valence-electron chi connectivity index (χ1n) is 11.1. The molecule has 0 unspecified atom stereocenters. The molecular formula is C22H32N6. The molecule has 2 aliphatic heterocycles. The third-order valence-corrected chi connectivity index (χ3v) is 6.78. The molecule has 4 fully saturated rings. The summed E-state index contributed by atoms with van der Waals surface area (Å²) in [6.45, 7) is 11.0. The van der Waals surface area contributed by atoms with Crippen molar-refractivity contribution in [3.05, 3.63) is 17.7 Å². The molecule has 0 atom stereocenters. The van der Waals surface area contributed by atoms with Crippen molar-refractivity contribution in [2.75, 3.05) is 75.2 Å². The number of piperazine rings is 2. The maximum absolute atomic E-state index is 9.61. The van der Waals surface area contributed by atoms with Gasteiger partial charge in [-0.1, -0.05) is 0 Å². The van der Waals surface area contributed by atoms with Gasteiger partial charge >= 0.3 is 0 Å². The minimum absolute atomic E-state index is 0.715. The van der Waals surface area contributed by atoms with E-state index in [1.54, 1.807) is 0 Å². The van der Waals surface area contributed by atoms with Gasteiger partial charge in [0, 0.05) is 65.4 Å². The summed E-state index contributed by atoms with van der Waals surface area (Å²) < 4.78 is 0. The van der Waals surface area contributed by atoms with E-state index in [-0.39, 0.29) is 0 Å². The van der Waals surface area contributed by atoms with E-state index in [0.29, 0.717) is 5.56 Å². The normalized spacial score (nSPS) is 24.4. The number of pyridine rings is 1. The topological polar surface area (TPSA) is 49.6 Å². The first-order chi connectivity index (χ1) is 13.8. The van der Waals surface area contributed by atoms with E-state index in [9.17, 15) is 5.26 Å². The quantitative estimate of drug-likeness (QED) is 0.753. The maximum atomic E-state index is 9.61. The van der Waals surface area contributed by atoms with Crippen LogP contribution in [0, 0.1) is 23.2 Å². The van der Waals surface area contributed by atoms with Crippen molar-refractivity contribution < 1.29 is 0 Å². The van der Waals surface area contributed by atoms with Gasteiger partial charge in [0.15, 0.2) is 0 Å². The zero-order valence-corrected chi connectivity index (χ0v) is 16.9. The fourth-order valence-electron chi connectivity index (χ4n) is 4.58. The molecule has 6 heteroatoms. The summed E-state index contributed by atoms with van der Waals surface area (Å²) in [5, 5.41) is 9.61. The zero-order chi connectivity index (χ0) is 18.9. The van der Waals surface area contributed by atoms with Crippen molar-refractivity contribution in [3.63, 3.8) is 0 Å². The van der Waals surface area contributed by atoms with E-state index < -0.39 is 0 Å². The number of rotatable bonds is 6. The Morgan fingerprint density at radius 2 is 1.32 bits per heavy atom. The van der Waals surface area contributed by atoms with Gasteiger partial charge in [0.1, 0.15) is 17.7 Å². The lowest BCUT2D eigenvalue weighted by molar-refractivity contribution is 0.246. The first kappa shape index (κ1) is 18.2. The van der Waals surface area contributed by atoms with Crippen LogP contribution >= 0.6 is 0 Å². The fourth-order valence-corrected chi connectivity index (χ4v) is 4.58. The summed E-state index contributed by atoms with van der Waals surface area (Å²) >= 11 is 0. The second-order valence-corrected chi connectivity index (χ2v) is 9.11. The molecular weight excluding hydrogens is 348 g/mol. The molecule has 28 heavy (non-hydrogen) atoms. The van der Waals surface area contributed by atoms with E-state index in [0.717, 1.165) is 75.8 Å². The molecule has 1 aromatic heterocycles. The Labute approximate surface area is 168 Å². The Hall–Kier alpha value is -1.84. The van der Waals surface area contributed by atoms with Crippen LogP contribution in [0.3, 0.4) is 0 Å². The Balaban J connectivity index is 1.23. The lowest BCUT2D eigenvalue weighted by Gasteiger charge is -2.37. The van der Waals surface area contributed by atoms with Crippen LogP contribution in [0.5, 0.6) is 0 Å². The molecule has 3 heterocycles. The minimum Gasteiger partial charge on any atom is -0.354 e. The average molecular weight is 381 g/mol. The molecule has 6 nitrogen and oxygen atoms in total. The highest BCUT2D eigenvalue weighted by molar-refractivity contribution is 5.59. The molecule has 2 saturated carbocycles. The lowest BCUT2D eigenvalue weighted by atomic mass is 10.2. The van der Waals surface area contributed by atoms with Crippen LogP contribution in [0.25, 0.3) is 0 Å². The second kappa shape index (κ2) is 7.88. The summed E-state index contributed by atoms with van der Waals surface area (Å²) in [5.41, 5.74) is 0.715. The molecule has 150 valence electrons. The first-order valence-corrected chi connectivity index (χ1v) is 11.1. The Morgan fingerprint density at radius 3 is 1.82 bits per heavy atom. The molecule has 0 aromatic carbocycles. The van der Waals surface area contributed by atoms with Crippen LogP contribution in [0.4, 0.5) is 11.6 Å². The number of hydrogen-bond acceptors (Lipinski definition) is 6. The van der Waals surface area contributed by atoms with Crippen molar-refractivity contribution in [2.45, 2.75) is 25.7 Å². The van der Waals surface area contributed by atoms with Gasteiger partial charge in [0.2, 0.25) is 0 Å². The molecule has 2 aliphatic carbocycles. The molecule has 1 aromatic rings. The number of nitrogens with zero attached hydrogens (tertiary/aromatic N) is 6. The molecule has 0 N–H and O–H groups in total. The van der Waals surface area contributed by atoms with E-state index in [4.69, 9.17) is 4.98 Å². The highest BCUT2D eigenvalue weighted by atomic mass is 15.3. The van der Waals surface area contributed by atoms with Gasteiger partial charge in [-0.15, -0.1) is 0 Å². The van der Waals surface area contributed by atoms with Gasteiger partial charge in [0.25, 0.3) is 0 Å². The highest BCUT2D eigenvalue weighted by Gasteiger charge is 2.29. The molecule has 0 bridgehead atoms. The average Bonchev–Trinajstić information content (AvgIpc) is 3.66. The van der Waals surface area contributed by atoms with Gasteiger partial charge < -0.3 is 9.80 Å². The minimum atomic E-state index is 0.715. The molecule has 0 radical (unpaired) electrons. The van der Waals surface area contributed by atoms with E-state index in [1.807, 2.05) is 12.1 Å². The van der Waals surface area contributed by atoms with E-state index >= 15 is 0 Å². The number of hydrogen-bond donors (Lipinski definition) is 0. The number of nitriles is 1. The lowest BCUT2D eigenvalue weighted by Crippen LogP contribution is -2.48. The molecule has 2 saturated heterocycles. The van der Waals surface area contributed by atoms with Crippen molar-refractivity contribution in [3.8, 4) is 6.07 Å². The van der Waals surface area contributed by atoms with Crippen LogP contribution in [-0.2, 0) is 0 Å². The summed E-state index contributed by atoms with van der Waals surface area (Å²) in [7, 11) is 0. The highest BCUT2D eigenvalue weighted by Crippen LogP contribution is 2.31. The Bertz CT molecular complexity index is 719. The van der Waals surface area contributed by atoms with Crippen LogP contribution < -0.4 is 9.80 Å². The van der Waals surface area contributed by atoms with Gasteiger partial charge in [-0.25, -0.2) is 4.98 Å². The van der Waals surface area contributed by atoms with E-state index in [1.165, 1.54) is 38.8 Å². The molecule has 5 rings (SSSR count). The van der Waals surface area contributed by atoms with Gasteiger partial charge in [-0.05, 0) is 49.7 Å². The largest absolute Gasteiger partial charge is 0.354 e. The summed E-state index contributed by atoms with van der Waals surface area (Å²) in [6, 6.07) is 6.39. The summed E-state index contributed by atoms with van der Waals surface area (Å²) in [5.74, 6) is 3.85. The van der Waals surface area contributed by atoms with Gasteiger partial charge in [-0.3, -0.25) is 9.80 Å². The summed E-state index contributed by atoms with van der Waals surface area (Å²) in [4.78, 5) is 14.9. The van der Waals surface area contributed by atoms with Gasteiger partial charge in [0.05, 0.1) is 5.56 Å². The Morgan fingerprint density at radius 1 is 0.786 bits per heavy atom. The zero-order valence-electron chi connectivity index (χ0n) is 16.9. The second-order valence-electron chi connectivity index (χ2n) is 9.11. The van der Waals surface area contributed by atoms with Crippen LogP contribution in [0.2, 0.25) is 0 Å².